The Labute approximate surface area is 105 Å². The minimum Gasteiger partial charge on any atom is -0.377 e. The quantitative estimate of drug-likeness (QED) is 0.750. The standard InChI is InChI=1S/C14H24N2O/c1-11-14(2,8-9-17-11)16-13-7-5-3-4-6-12(13)10-15/h11-13,16H,3-9H2,1-2H3. The SMILES string of the molecule is CC1OCCC1(C)NC1CCCCCC1C#N. The summed E-state index contributed by atoms with van der Waals surface area (Å²) in [6, 6.07) is 2.85. The lowest BCUT2D eigenvalue weighted by Crippen LogP contribution is -2.54. The van der Waals surface area contributed by atoms with Gasteiger partial charge in [-0.25, -0.2) is 0 Å². The molecule has 96 valence electrons. The molecule has 4 unspecified atom stereocenters. The summed E-state index contributed by atoms with van der Waals surface area (Å²) in [7, 11) is 0. The van der Waals surface area contributed by atoms with E-state index in [0.29, 0.717) is 6.04 Å². The molecule has 1 saturated carbocycles. The summed E-state index contributed by atoms with van der Waals surface area (Å²) in [4.78, 5) is 0. The third kappa shape index (κ3) is 2.81. The van der Waals surface area contributed by atoms with E-state index in [9.17, 15) is 5.26 Å². The molecular weight excluding hydrogens is 212 g/mol. The van der Waals surface area contributed by atoms with Gasteiger partial charge < -0.3 is 10.1 Å². The van der Waals surface area contributed by atoms with Crippen LogP contribution in [0.15, 0.2) is 0 Å². The normalized spacial score (nSPS) is 43.0. The Balaban J connectivity index is 2.02. The van der Waals surface area contributed by atoms with E-state index in [2.05, 4.69) is 25.2 Å². The lowest BCUT2D eigenvalue weighted by Gasteiger charge is -2.35. The van der Waals surface area contributed by atoms with E-state index in [-0.39, 0.29) is 17.6 Å². The first-order chi connectivity index (χ1) is 8.15. The molecule has 1 aliphatic carbocycles. The average molecular weight is 236 g/mol. The van der Waals surface area contributed by atoms with Gasteiger partial charge in [0.25, 0.3) is 0 Å². The maximum absolute atomic E-state index is 9.29. The number of hydrogen-bond acceptors (Lipinski definition) is 3. The van der Waals surface area contributed by atoms with E-state index < -0.39 is 0 Å². The first-order valence-corrected chi connectivity index (χ1v) is 6.94. The molecule has 17 heavy (non-hydrogen) atoms. The van der Waals surface area contributed by atoms with Gasteiger partial charge in [0.05, 0.1) is 18.1 Å². The lowest BCUT2D eigenvalue weighted by atomic mass is 9.89. The van der Waals surface area contributed by atoms with Crippen LogP contribution in [-0.2, 0) is 4.74 Å². The first kappa shape index (κ1) is 12.9. The highest BCUT2D eigenvalue weighted by Crippen LogP contribution is 2.30. The fourth-order valence-electron chi connectivity index (χ4n) is 3.08. The summed E-state index contributed by atoms with van der Waals surface area (Å²) in [5, 5.41) is 13.0. The molecular formula is C14H24N2O. The largest absolute Gasteiger partial charge is 0.377 e. The van der Waals surface area contributed by atoms with Crippen LogP contribution in [0.3, 0.4) is 0 Å². The van der Waals surface area contributed by atoms with E-state index in [1.807, 2.05) is 0 Å². The first-order valence-electron chi connectivity index (χ1n) is 6.94. The highest BCUT2D eigenvalue weighted by molar-refractivity contribution is 5.01. The van der Waals surface area contributed by atoms with Crippen LogP contribution in [0.4, 0.5) is 0 Å². The van der Waals surface area contributed by atoms with Gasteiger partial charge in [-0.2, -0.15) is 5.26 Å². The molecule has 2 rings (SSSR count). The highest BCUT2D eigenvalue weighted by Gasteiger charge is 2.40. The predicted octanol–water partition coefficient (Wildman–Crippen LogP) is 2.62. The number of nitriles is 1. The summed E-state index contributed by atoms with van der Waals surface area (Å²) in [5.74, 6) is 0.183. The molecule has 1 saturated heterocycles. The fourth-order valence-corrected chi connectivity index (χ4v) is 3.08. The van der Waals surface area contributed by atoms with E-state index in [4.69, 9.17) is 4.74 Å². The van der Waals surface area contributed by atoms with Crippen molar-refractivity contribution in [2.75, 3.05) is 6.61 Å². The van der Waals surface area contributed by atoms with Gasteiger partial charge in [0.1, 0.15) is 0 Å². The number of ether oxygens (including phenoxy) is 1. The van der Waals surface area contributed by atoms with Gasteiger partial charge in [-0.3, -0.25) is 0 Å². The van der Waals surface area contributed by atoms with Crippen LogP contribution in [0.5, 0.6) is 0 Å². The molecule has 1 heterocycles. The highest BCUT2D eigenvalue weighted by atomic mass is 16.5. The molecule has 2 aliphatic rings. The van der Waals surface area contributed by atoms with Crippen LogP contribution in [0.2, 0.25) is 0 Å². The topological polar surface area (TPSA) is 45.0 Å². The van der Waals surface area contributed by atoms with Crippen molar-refractivity contribution < 1.29 is 4.74 Å². The summed E-state index contributed by atoms with van der Waals surface area (Å²) in [6.45, 7) is 5.22. The Hall–Kier alpha value is -0.590. The Morgan fingerprint density at radius 1 is 1.29 bits per heavy atom. The Kier molecular flexibility index (Phi) is 4.06. The van der Waals surface area contributed by atoms with Crippen LogP contribution >= 0.6 is 0 Å². The molecule has 0 radical (unpaired) electrons. The summed E-state index contributed by atoms with van der Waals surface area (Å²) < 4.78 is 5.66. The second-order valence-electron chi connectivity index (χ2n) is 5.80. The molecule has 0 amide bonds. The molecule has 3 nitrogen and oxygen atoms in total. The minimum absolute atomic E-state index is 0.0596. The van der Waals surface area contributed by atoms with Gasteiger partial charge >= 0.3 is 0 Å². The maximum atomic E-state index is 9.29. The molecule has 0 aromatic rings. The van der Waals surface area contributed by atoms with Crippen LogP contribution in [0.1, 0.15) is 52.4 Å². The second-order valence-corrected chi connectivity index (χ2v) is 5.80. The Bertz CT molecular complexity index is 299. The van der Waals surface area contributed by atoms with Crippen molar-refractivity contribution >= 4 is 0 Å². The van der Waals surface area contributed by atoms with Gasteiger partial charge in [-0.1, -0.05) is 19.3 Å². The van der Waals surface area contributed by atoms with Crippen molar-refractivity contribution in [3.63, 3.8) is 0 Å². The number of nitrogens with one attached hydrogen (secondary N) is 1. The maximum Gasteiger partial charge on any atom is 0.0726 e. The molecule has 1 aliphatic heterocycles. The predicted molar refractivity (Wildman–Crippen MR) is 67.5 cm³/mol. The van der Waals surface area contributed by atoms with Crippen molar-refractivity contribution in [3.05, 3.63) is 0 Å². The number of rotatable bonds is 2. The molecule has 0 bridgehead atoms. The molecule has 0 aromatic carbocycles. The Morgan fingerprint density at radius 2 is 2.06 bits per heavy atom. The van der Waals surface area contributed by atoms with E-state index in [1.165, 1.54) is 19.3 Å². The smallest absolute Gasteiger partial charge is 0.0726 e. The Morgan fingerprint density at radius 3 is 2.71 bits per heavy atom. The second kappa shape index (κ2) is 5.37. The van der Waals surface area contributed by atoms with Crippen molar-refractivity contribution in [3.8, 4) is 6.07 Å². The van der Waals surface area contributed by atoms with Gasteiger partial charge in [0, 0.05) is 18.2 Å². The zero-order valence-corrected chi connectivity index (χ0v) is 11.0. The minimum atomic E-state index is 0.0596. The van der Waals surface area contributed by atoms with Crippen molar-refractivity contribution in [2.24, 2.45) is 5.92 Å². The summed E-state index contributed by atoms with van der Waals surface area (Å²) in [5.41, 5.74) is 0.0596. The average Bonchev–Trinajstić information content (AvgIpc) is 2.53. The third-order valence-electron chi connectivity index (χ3n) is 4.58. The summed E-state index contributed by atoms with van der Waals surface area (Å²) in [6.07, 6.45) is 7.24. The number of nitrogens with zero attached hydrogens (tertiary/aromatic N) is 1. The molecule has 0 spiro atoms. The third-order valence-corrected chi connectivity index (χ3v) is 4.58. The zero-order chi connectivity index (χ0) is 12.3. The molecule has 4 atom stereocenters. The molecule has 1 N–H and O–H groups in total. The molecule has 3 heteroatoms. The van der Waals surface area contributed by atoms with Gasteiger partial charge in [-0.15, -0.1) is 0 Å². The van der Waals surface area contributed by atoms with Crippen LogP contribution in [0, 0.1) is 17.2 Å². The van der Waals surface area contributed by atoms with Crippen molar-refractivity contribution in [1.82, 2.24) is 5.32 Å². The number of hydrogen-bond donors (Lipinski definition) is 1. The zero-order valence-electron chi connectivity index (χ0n) is 11.0. The van der Waals surface area contributed by atoms with E-state index in [1.54, 1.807) is 0 Å². The lowest BCUT2D eigenvalue weighted by molar-refractivity contribution is 0.0811. The molecule has 2 fully saturated rings. The summed E-state index contributed by atoms with van der Waals surface area (Å²) >= 11 is 0. The van der Waals surface area contributed by atoms with Gasteiger partial charge in [-0.05, 0) is 33.1 Å². The van der Waals surface area contributed by atoms with E-state index in [0.717, 1.165) is 25.9 Å². The van der Waals surface area contributed by atoms with Crippen molar-refractivity contribution in [1.29, 1.82) is 5.26 Å². The van der Waals surface area contributed by atoms with Gasteiger partial charge in [0.15, 0.2) is 0 Å². The van der Waals surface area contributed by atoms with Crippen LogP contribution in [-0.4, -0.2) is 24.3 Å². The monoisotopic (exact) mass is 236 g/mol. The molecule has 0 aromatic heterocycles. The van der Waals surface area contributed by atoms with Gasteiger partial charge in [0.2, 0.25) is 0 Å². The van der Waals surface area contributed by atoms with E-state index >= 15 is 0 Å². The fraction of sp³-hybridized carbons (Fsp3) is 0.929. The van der Waals surface area contributed by atoms with Crippen LogP contribution < -0.4 is 5.32 Å². The van der Waals surface area contributed by atoms with Crippen molar-refractivity contribution in [2.45, 2.75) is 70.1 Å². The van der Waals surface area contributed by atoms with Crippen LogP contribution in [0.25, 0.3) is 0 Å².